The number of carbonyl (C=O) groups is 1. The number of alkyl halides is 6. The summed E-state index contributed by atoms with van der Waals surface area (Å²) in [6.07, 6.45) is -10.2. The first-order valence-electron chi connectivity index (χ1n) is 11.6. The fraction of sp³-hybridized carbons (Fsp3) is 0.192. The number of hydrogen-bond acceptors (Lipinski definition) is 6. The van der Waals surface area contributed by atoms with Gasteiger partial charge in [0, 0.05) is 16.8 Å². The normalized spacial score (nSPS) is 12.9. The molecule has 0 spiro atoms. The zero-order valence-corrected chi connectivity index (χ0v) is 20.4. The molecule has 0 atom stereocenters. The molecule has 0 radical (unpaired) electrons. The summed E-state index contributed by atoms with van der Waals surface area (Å²) in [4.78, 5) is 17.0. The van der Waals surface area contributed by atoms with Crippen LogP contribution < -0.4 is 19.5 Å². The molecule has 1 amide bonds. The minimum atomic E-state index is -5.08. The Balaban J connectivity index is 1.43. The van der Waals surface area contributed by atoms with Gasteiger partial charge in [0.1, 0.15) is 0 Å². The number of hydrogen-bond donors (Lipinski definition) is 1. The first-order chi connectivity index (χ1) is 18.9. The lowest BCUT2D eigenvalue weighted by atomic mass is 10.0. The van der Waals surface area contributed by atoms with Crippen LogP contribution in [0.2, 0.25) is 0 Å². The van der Waals surface area contributed by atoms with Crippen molar-refractivity contribution in [1.29, 1.82) is 0 Å². The molecular weight excluding hydrogens is 546 g/mol. The highest BCUT2D eigenvalue weighted by Gasteiger charge is 2.37. The molecule has 208 valence electrons. The molecule has 0 fully saturated rings. The largest absolute Gasteiger partial charge is 0.463 e. The lowest BCUT2D eigenvalue weighted by Gasteiger charge is -2.14. The van der Waals surface area contributed by atoms with Crippen LogP contribution in [0.5, 0.6) is 17.5 Å². The topological polar surface area (TPSA) is 87.5 Å². The maximum Gasteiger partial charge on any atom is 0.416 e. The molecule has 14 heteroatoms. The maximum absolute atomic E-state index is 13.2. The van der Waals surface area contributed by atoms with Gasteiger partial charge in [0.2, 0.25) is 6.79 Å². The van der Waals surface area contributed by atoms with Crippen molar-refractivity contribution in [2.24, 2.45) is 0 Å². The molecule has 0 saturated carbocycles. The van der Waals surface area contributed by atoms with Crippen LogP contribution in [0.4, 0.5) is 32.0 Å². The van der Waals surface area contributed by atoms with Gasteiger partial charge in [0.05, 0.1) is 23.4 Å². The Hall–Kier alpha value is -4.75. The van der Waals surface area contributed by atoms with Gasteiger partial charge in [-0.05, 0) is 67.6 Å². The van der Waals surface area contributed by atoms with E-state index in [1.165, 1.54) is 28.9 Å². The average Bonchev–Trinajstić information content (AvgIpc) is 3.55. The smallest absolute Gasteiger partial charge is 0.416 e. The van der Waals surface area contributed by atoms with Crippen LogP contribution in [0.15, 0.2) is 60.7 Å². The second-order valence-electron chi connectivity index (χ2n) is 8.43. The van der Waals surface area contributed by atoms with Crippen molar-refractivity contribution in [3.05, 3.63) is 77.4 Å². The molecule has 40 heavy (non-hydrogen) atoms. The van der Waals surface area contributed by atoms with Crippen LogP contribution >= 0.6 is 0 Å². The van der Waals surface area contributed by atoms with Crippen molar-refractivity contribution >= 4 is 11.6 Å². The van der Waals surface area contributed by atoms with Gasteiger partial charge in [-0.1, -0.05) is 0 Å². The number of benzene rings is 3. The van der Waals surface area contributed by atoms with E-state index in [4.69, 9.17) is 14.2 Å². The molecule has 0 bridgehead atoms. The molecule has 0 aliphatic carbocycles. The third-order valence-electron chi connectivity index (χ3n) is 5.71. The fourth-order valence-corrected chi connectivity index (χ4v) is 3.86. The van der Waals surface area contributed by atoms with Gasteiger partial charge in [-0.2, -0.15) is 31.3 Å². The van der Waals surface area contributed by atoms with Crippen molar-refractivity contribution in [2.45, 2.75) is 19.3 Å². The lowest BCUT2D eigenvalue weighted by Crippen LogP contribution is -2.17. The lowest BCUT2D eigenvalue weighted by molar-refractivity contribution is -0.143. The van der Waals surface area contributed by atoms with E-state index in [9.17, 15) is 31.1 Å². The number of carbonyl (C=O) groups excluding carboxylic acids is 1. The van der Waals surface area contributed by atoms with Crippen molar-refractivity contribution < 1.29 is 45.3 Å². The highest BCUT2D eigenvalue weighted by atomic mass is 19.4. The molecule has 8 nitrogen and oxygen atoms in total. The van der Waals surface area contributed by atoms with Crippen LogP contribution in [-0.2, 0) is 12.4 Å². The SMILES string of the molecule is CCOc1nc(-c2ccc3c(c2)OCO3)n(-c2ccc(NC(=O)c3cc(C(F)(F)F)cc(C(F)(F)F)c3)cc2)n1. The van der Waals surface area contributed by atoms with Gasteiger partial charge in [-0.3, -0.25) is 4.79 Å². The number of rotatable bonds is 6. The molecule has 1 aliphatic rings. The summed E-state index contributed by atoms with van der Waals surface area (Å²) in [7, 11) is 0. The number of amides is 1. The number of anilines is 1. The summed E-state index contributed by atoms with van der Waals surface area (Å²) in [5.41, 5.74) is -2.75. The highest BCUT2D eigenvalue weighted by molar-refractivity contribution is 6.04. The van der Waals surface area contributed by atoms with E-state index in [2.05, 4.69) is 15.4 Å². The molecule has 1 aliphatic heterocycles. The minimum Gasteiger partial charge on any atom is -0.463 e. The summed E-state index contributed by atoms with van der Waals surface area (Å²) < 4.78 is 96.7. The third kappa shape index (κ3) is 5.51. The predicted octanol–water partition coefficient (Wildman–Crippen LogP) is 6.35. The van der Waals surface area contributed by atoms with Gasteiger partial charge >= 0.3 is 18.4 Å². The van der Waals surface area contributed by atoms with Crippen LogP contribution in [-0.4, -0.2) is 34.1 Å². The summed E-state index contributed by atoms with van der Waals surface area (Å²) in [6, 6.07) is 11.9. The fourth-order valence-electron chi connectivity index (χ4n) is 3.86. The second kappa shape index (κ2) is 10.1. The van der Waals surface area contributed by atoms with Crippen molar-refractivity contribution in [3.63, 3.8) is 0 Å². The van der Waals surface area contributed by atoms with Crippen LogP contribution in [0.1, 0.15) is 28.4 Å². The van der Waals surface area contributed by atoms with Gasteiger partial charge in [0.15, 0.2) is 17.3 Å². The second-order valence-corrected chi connectivity index (χ2v) is 8.43. The van der Waals surface area contributed by atoms with E-state index >= 15 is 0 Å². The van der Waals surface area contributed by atoms with E-state index in [1.807, 2.05) is 0 Å². The maximum atomic E-state index is 13.2. The molecule has 1 aromatic heterocycles. The van der Waals surface area contributed by atoms with Gasteiger partial charge in [-0.15, -0.1) is 5.10 Å². The zero-order chi connectivity index (χ0) is 28.7. The molecule has 5 rings (SSSR count). The van der Waals surface area contributed by atoms with Crippen LogP contribution in [0, 0.1) is 0 Å². The summed E-state index contributed by atoms with van der Waals surface area (Å²) in [5, 5.41) is 6.67. The quantitative estimate of drug-likeness (QED) is 0.275. The van der Waals surface area contributed by atoms with Crippen molar-refractivity contribution in [1.82, 2.24) is 14.8 Å². The Labute approximate surface area is 222 Å². The number of nitrogens with one attached hydrogen (secondary N) is 1. The van der Waals surface area contributed by atoms with E-state index in [-0.39, 0.29) is 24.6 Å². The summed E-state index contributed by atoms with van der Waals surface area (Å²) in [5.74, 6) is 0.335. The van der Waals surface area contributed by atoms with Crippen LogP contribution in [0.3, 0.4) is 0 Å². The van der Waals surface area contributed by atoms with E-state index in [0.717, 1.165) is 0 Å². The number of halogens is 6. The standard InChI is InChI=1S/C26H18F6N4O4/c1-2-38-24-34-22(14-3-8-20-21(11-14)40-13-39-20)36(35-24)19-6-4-18(5-7-19)33-23(37)15-9-16(25(27,28)29)12-17(10-15)26(30,31)32/h3-12H,2,13H2,1H3,(H,33,37). The number of aromatic nitrogens is 3. The first kappa shape index (κ1) is 26.8. The molecule has 4 aromatic rings. The Morgan fingerprint density at radius 1 is 0.925 bits per heavy atom. The summed E-state index contributed by atoms with van der Waals surface area (Å²) >= 11 is 0. The average molecular weight is 564 g/mol. The minimum absolute atomic E-state index is 0.0437. The Morgan fingerprint density at radius 3 is 2.20 bits per heavy atom. The highest BCUT2D eigenvalue weighted by Crippen LogP contribution is 2.38. The zero-order valence-electron chi connectivity index (χ0n) is 20.4. The predicted molar refractivity (Wildman–Crippen MR) is 128 cm³/mol. The number of fused-ring (bicyclic) bond motifs is 1. The number of nitrogens with zero attached hydrogens (tertiary/aromatic N) is 3. The van der Waals surface area contributed by atoms with Crippen LogP contribution in [0.25, 0.3) is 17.1 Å². The van der Waals surface area contributed by atoms with Crippen molar-refractivity contribution in [2.75, 3.05) is 18.7 Å². The monoisotopic (exact) mass is 564 g/mol. The van der Waals surface area contributed by atoms with Gasteiger partial charge < -0.3 is 19.5 Å². The van der Waals surface area contributed by atoms with Gasteiger partial charge in [-0.25, -0.2) is 4.68 Å². The molecule has 2 heterocycles. The van der Waals surface area contributed by atoms with Crippen molar-refractivity contribution in [3.8, 4) is 34.6 Å². The summed E-state index contributed by atoms with van der Waals surface area (Å²) in [6.45, 7) is 2.16. The number of ether oxygens (including phenoxy) is 3. The van der Waals surface area contributed by atoms with E-state index in [1.54, 1.807) is 25.1 Å². The molecule has 1 N–H and O–H groups in total. The molecule has 3 aromatic carbocycles. The van der Waals surface area contributed by atoms with E-state index in [0.29, 0.717) is 47.3 Å². The molecule has 0 saturated heterocycles. The van der Waals surface area contributed by atoms with E-state index < -0.39 is 35.0 Å². The Bertz CT molecular complexity index is 1530. The Morgan fingerprint density at radius 2 is 1.57 bits per heavy atom. The van der Waals surface area contributed by atoms with Gasteiger partial charge in [0.25, 0.3) is 5.91 Å². The molecular formula is C26H18F6N4O4. The Kier molecular flexibility index (Phi) is 6.77. The molecule has 0 unspecified atom stereocenters. The first-order valence-corrected chi connectivity index (χ1v) is 11.6. The third-order valence-corrected chi connectivity index (χ3v) is 5.71.